The molecule has 0 amide bonds. The first-order valence-electron chi connectivity index (χ1n) is 9.63. The smallest absolute Gasteiger partial charge is 0.184 e. The Morgan fingerprint density at radius 3 is 1.41 bits per heavy atom. The fourth-order valence-electron chi connectivity index (χ4n) is 3.84. The molecule has 1 fully saturated rings. The van der Waals surface area contributed by atoms with Crippen LogP contribution >= 0.6 is 0 Å². The molecule has 0 bridgehead atoms. The Bertz CT molecular complexity index is 804. The van der Waals surface area contributed by atoms with Crippen molar-refractivity contribution < 1.29 is 24.8 Å². The zero-order valence-corrected chi connectivity index (χ0v) is 15.8. The maximum atomic E-state index is 10.2. The molecule has 1 aliphatic heterocycles. The van der Waals surface area contributed by atoms with Gasteiger partial charge in [0.1, 0.15) is 23.9 Å². The molecule has 0 saturated carbocycles. The van der Waals surface area contributed by atoms with Gasteiger partial charge in [-0.05, 0) is 16.7 Å². The number of aliphatic hydroxyl groups is 3. The SMILES string of the molecule is O[C@@H]1[C@@H](O)[C@H](COC(c2ccccc2)(c2ccccc2)c2ccccc2)O[C@H]1O. The summed E-state index contributed by atoms with van der Waals surface area (Å²) in [5, 5.41) is 29.8. The average molecular weight is 392 g/mol. The maximum Gasteiger partial charge on any atom is 0.184 e. The lowest BCUT2D eigenvalue weighted by molar-refractivity contribution is -0.145. The molecular weight excluding hydrogens is 368 g/mol. The van der Waals surface area contributed by atoms with Gasteiger partial charge in [0.2, 0.25) is 0 Å². The molecule has 1 saturated heterocycles. The van der Waals surface area contributed by atoms with Crippen molar-refractivity contribution in [1.29, 1.82) is 0 Å². The van der Waals surface area contributed by atoms with Gasteiger partial charge in [-0.3, -0.25) is 0 Å². The standard InChI is InChI=1S/C24H24O5/c25-21-20(29-23(27)22(21)26)16-28-24(17-10-4-1-5-11-17,18-12-6-2-7-13-18)19-14-8-3-9-15-19/h1-15,20-23,25-27H,16H2/t20-,21-,22+,23+/m0/s1. The van der Waals surface area contributed by atoms with Crippen molar-refractivity contribution in [2.75, 3.05) is 6.61 Å². The molecule has 5 nitrogen and oxygen atoms in total. The van der Waals surface area contributed by atoms with E-state index in [0.717, 1.165) is 16.7 Å². The van der Waals surface area contributed by atoms with Crippen LogP contribution in [0.1, 0.15) is 16.7 Å². The molecule has 1 heterocycles. The summed E-state index contributed by atoms with van der Waals surface area (Å²) in [7, 11) is 0. The zero-order valence-electron chi connectivity index (χ0n) is 15.8. The first-order valence-corrected chi connectivity index (χ1v) is 9.63. The van der Waals surface area contributed by atoms with Gasteiger partial charge in [0, 0.05) is 0 Å². The third-order valence-electron chi connectivity index (χ3n) is 5.34. The molecule has 0 radical (unpaired) electrons. The minimum absolute atomic E-state index is 0.0199. The van der Waals surface area contributed by atoms with Gasteiger partial charge in [-0.2, -0.15) is 0 Å². The van der Waals surface area contributed by atoms with Gasteiger partial charge in [0.15, 0.2) is 6.29 Å². The van der Waals surface area contributed by atoms with Crippen molar-refractivity contribution in [2.24, 2.45) is 0 Å². The second kappa shape index (κ2) is 8.45. The fraction of sp³-hybridized carbons (Fsp3) is 0.250. The van der Waals surface area contributed by atoms with Gasteiger partial charge in [-0.15, -0.1) is 0 Å². The predicted molar refractivity (Wildman–Crippen MR) is 108 cm³/mol. The van der Waals surface area contributed by atoms with E-state index in [-0.39, 0.29) is 6.61 Å². The van der Waals surface area contributed by atoms with E-state index in [0.29, 0.717) is 0 Å². The van der Waals surface area contributed by atoms with Crippen LogP contribution in [0, 0.1) is 0 Å². The van der Waals surface area contributed by atoms with Crippen LogP contribution in [0.2, 0.25) is 0 Å². The van der Waals surface area contributed by atoms with Crippen molar-refractivity contribution in [3.8, 4) is 0 Å². The summed E-state index contributed by atoms with van der Waals surface area (Å²) >= 11 is 0. The van der Waals surface area contributed by atoms with E-state index in [9.17, 15) is 15.3 Å². The molecule has 3 aromatic rings. The maximum absolute atomic E-state index is 10.2. The summed E-state index contributed by atoms with van der Waals surface area (Å²) in [6.45, 7) is -0.0199. The molecule has 4 atom stereocenters. The summed E-state index contributed by atoms with van der Waals surface area (Å²) in [6.07, 6.45) is -4.87. The number of aliphatic hydroxyl groups excluding tert-OH is 3. The Labute approximate surface area is 169 Å². The van der Waals surface area contributed by atoms with Crippen molar-refractivity contribution in [1.82, 2.24) is 0 Å². The molecule has 0 aliphatic carbocycles. The molecule has 5 heteroatoms. The number of hydrogen-bond acceptors (Lipinski definition) is 5. The van der Waals surface area contributed by atoms with Crippen LogP contribution in [0.25, 0.3) is 0 Å². The van der Waals surface area contributed by atoms with Crippen LogP contribution in [-0.4, -0.2) is 46.5 Å². The number of benzene rings is 3. The van der Waals surface area contributed by atoms with Crippen molar-refractivity contribution in [3.05, 3.63) is 108 Å². The topological polar surface area (TPSA) is 79.2 Å². The van der Waals surface area contributed by atoms with E-state index < -0.39 is 30.2 Å². The molecule has 1 aliphatic rings. The summed E-state index contributed by atoms with van der Waals surface area (Å²) in [4.78, 5) is 0. The van der Waals surface area contributed by atoms with Crippen molar-refractivity contribution in [3.63, 3.8) is 0 Å². The van der Waals surface area contributed by atoms with E-state index >= 15 is 0 Å². The third kappa shape index (κ3) is 3.71. The molecule has 0 unspecified atom stereocenters. The third-order valence-corrected chi connectivity index (χ3v) is 5.34. The normalized spacial score (nSPS) is 24.5. The van der Waals surface area contributed by atoms with Crippen LogP contribution < -0.4 is 0 Å². The second-order valence-corrected chi connectivity index (χ2v) is 7.14. The van der Waals surface area contributed by atoms with Gasteiger partial charge >= 0.3 is 0 Å². The van der Waals surface area contributed by atoms with Gasteiger partial charge in [-0.25, -0.2) is 0 Å². The Hall–Kier alpha value is -2.54. The van der Waals surface area contributed by atoms with Crippen LogP contribution in [0.3, 0.4) is 0 Å². The quantitative estimate of drug-likeness (QED) is 0.562. The lowest BCUT2D eigenvalue weighted by Crippen LogP contribution is -2.39. The van der Waals surface area contributed by atoms with E-state index in [1.54, 1.807) is 0 Å². The highest BCUT2D eigenvalue weighted by molar-refractivity contribution is 5.47. The Morgan fingerprint density at radius 2 is 1.07 bits per heavy atom. The lowest BCUT2D eigenvalue weighted by atomic mass is 9.80. The first-order chi connectivity index (χ1) is 14.1. The molecule has 4 rings (SSSR count). The fourth-order valence-corrected chi connectivity index (χ4v) is 3.84. The van der Waals surface area contributed by atoms with Crippen LogP contribution in [-0.2, 0) is 15.1 Å². The summed E-state index contributed by atoms with van der Waals surface area (Å²) in [6, 6.07) is 29.5. The van der Waals surface area contributed by atoms with Crippen molar-refractivity contribution >= 4 is 0 Å². The average Bonchev–Trinajstić information content (AvgIpc) is 3.03. The first kappa shape index (κ1) is 19.8. The van der Waals surface area contributed by atoms with Gasteiger partial charge in [-0.1, -0.05) is 91.0 Å². The minimum Gasteiger partial charge on any atom is -0.387 e. The highest BCUT2D eigenvalue weighted by Gasteiger charge is 2.44. The van der Waals surface area contributed by atoms with Crippen LogP contribution in [0.15, 0.2) is 91.0 Å². The number of ether oxygens (including phenoxy) is 2. The Kier molecular flexibility index (Phi) is 5.76. The van der Waals surface area contributed by atoms with E-state index in [2.05, 4.69) is 0 Å². The van der Waals surface area contributed by atoms with Crippen molar-refractivity contribution in [2.45, 2.75) is 30.2 Å². The largest absolute Gasteiger partial charge is 0.387 e. The van der Waals surface area contributed by atoms with Gasteiger partial charge in [0.25, 0.3) is 0 Å². The summed E-state index contributed by atoms with van der Waals surface area (Å²) in [5.74, 6) is 0. The summed E-state index contributed by atoms with van der Waals surface area (Å²) in [5.41, 5.74) is 1.81. The minimum atomic E-state index is -1.43. The van der Waals surface area contributed by atoms with Gasteiger partial charge in [0.05, 0.1) is 6.61 Å². The zero-order chi connectivity index (χ0) is 20.3. The molecule has 0 spiro atoms. The highest BCUT2D eigenvalue weighted by atomic mass is 16.7. The number of hydrogen-bond donors (Lipinski definition) is 3. The Morgan fingerprint density at radius 1 is 0.655 bits per heavy atom. The summed E-state index contributed by atoms with van der Waals surface area (Å²) < 4.78 is 11.9. The Balaban J connectivity index is 1.80. The highest BCUT2D eigenvalue weighted by Crippen LogP contribution is 2.41. The molecule has 3 N–H and O–H groups in total. The number of rotatable bonds is 6. The lowest BCUT2D eigenvalue weighted by Gasteiger charge is -2.37. The van der Waals surface area contributed by atoms with E-state index in [4.69, 9.17) is 9.47 Å². The predicted octanol–water partition coefficient (Wildman–Crippen LogP) is 2.43. The molecule has 29 heavy (non-hydrogen) atoms. The molecule has 3 aromatic carbocycles. The van der Waals surface area contributed by atoms with Gasteiger partial charge < -0.3 is 24.8 Å². The molecule has 150 valence electrons. The van der Waals surface area contributed by atoms with E-state index in [1.807, 2.05) is 91.0 Å². The van der Waals surface area contributed by atoms with Crippen LogP contribution in [0.4, 0.5) is 0 Å². The van der Waals surface area contributed by atoms with E-state index in [1.165, 1.54) is 0 Å². The molecule has 0 aromatic heterocycles. The molecular formula is C24H24O5. The monoisotopic (exact) mass is 392 g/mol. The second-order valence-electron chi connectivity index (χ2n) is 7.14. The van der Waals surface area contributed by atoms with Crippen LogP contribution in [0.5, 0.6) is 0 Å².